The van der Waals surface area contributed by atoms with Crippen LogP contribution in [-0.2, 0) is 5.41 Å². The second-order valence-electron chi connectivity index (χ2n) is 4.12. The summed E-state index contributed by atoms with van der Waals surface area (Å²) in [6.45, 7) is 3.46. The normalized spacial score (nSPS) is 12.9. The van der Waals surface area contributed by atoms with E-state index in [-0.39, 0.29) is 23.3 Å². The van der Waals surface area contributed by atoms with Gasteiger partial charge in [-0.3, -0.25) is 0 Å². The maximum atomic E-state index is 12.2. The van der Waals surface area contributed by atoms with E-state index >= 15 is 0 Å². The van der Waals surface area contributed by atoms with Crippen molar-refractivity contribution >= 4 is 11.8 Å². The third-order valence-corrected chi connectivity index (χ3v) is 2.97. The smallest absolute Gasteiger partial charge is 0.395 e. The summed E-state index contributed by atoms with van der Waals surface area (Å²) in [6, 6.07) is 6.17. The molecule has 0 unspecified atom stereocenters. The summed E-state index contributed by atoms with van der Waals surface area (Å²) in [5, 5.41) is 9.14. The molecule has 0 amide bonds. The number of thioether (sulfide) groups is 1. The van der Waals surface area contributed by atoms with Crippen molar-refractivity contribution in [2.45, 2.75) is 29.7 Å². The Morgan fingerprint density at radius 2 is 1.88 bits per heavy atom. The number of alkyl halides is 3. The predicted molar refractivity (Wildman–Crippen MR) is 58.5 cm³/mol. The Morgan fingerprint density at radius 3 is 2.38 bits per heavy atom. The minimum Gasteiger partial charge on any atom is -0.395 e. The van der Waals surface area contributed by atoms with E-state index in [9.17, 15) is 13.2 Å². The number of benzene rings is 1. The van der Waals surface area contributed by atoms with Gasteiger partial charge in [0.2, 0.25) is 0 Å². The van der Waals surface area contributed by atoms with E-state index in [2.05, 4.69) is 0 Å². The van der Waals surface area contributed by atoms with Crippen LogP contribution in [0.25, 0.3) is 0 Å². The van der Waals surface area contributed by atoms with Gasteiger partial charge in [0.05, 0.1) is 6.61 Å². The Bertz CT molecular complexity index is 360. The number of hydrogen-bond acceptors (Lipinski definition) is 2. The minimum absolute atomic E-state index is 0.104. The number of aliphatic hydroxyl groups excluding tert-OH is 1. The molecular formula is C11H13F3OS. The Balaban J connectivity index is 2.96. The number of halogens is 3. The molecule has 0 aliphatic heterocycles. The van der Waals surface area contributed by atoms with Crippen LogP contribution >= 0.6 is 11.8 Å². The first-order valence-corrected chi connectivity index (χ1v) is 5.53. The average Bonchev–Trinajstić information content (AvgIpc) is 2.15. The fraction of sp³-hybridized carbons (Fsp3) is 0.455. The second-order valence-corrected chi connectivity index (χ2v) is 5.26. The van der Waals surface area contributed by atoms with Gasteiger partial charge in [0, 0.05) is 10.3 Å². The van der Waals surface area contributed by atoms with E-state index in [0.29, 0.717) is 5.56 Å². The molecule has 0 aliphatic carbocycles. The second kappa shape index (κ2) is 4.67. The maximum absolute atomic E-state index is 12.2. The number of hydrogen-bond donors (Lipinski definition) is 1. The quantitative estimate of drug-likeness (QED) is 0.828. The lowest BCUT2D eigenvalue weighted by atomic mass is 9.86. The third kappa shape index (κ3) is 3.72. The zero-order valence-corrected chi connectivity index (χ0v) is 9.82. The summed E-state index contributed by atoms with van der Waals surface area (Å²) >= 11 is -0.140. The molecule has 1 aromatic carbocycles. The van der Waals surface area contributed by atoms with Crippen molar-refractivity contribution in [1.82, 2.24) is 0 Å². The summed E-state index contributed by atoms with van der Waals surface area (Å²) < 4.78 is 36.5. The van der Waals surface area contributed by atoms with Crippen LogP contribution in [-0.4, -0.2) is 17.2 Å². The molecule has 0 aromatic heterocycles. The number of aliphatic hydroxyl groups is 1. The average molecular weight is 250 g/mol. The van der Waals surface area contributed by atoms with Crippen LogP contribution in [0, 0.1) is 0 Å². The molecule has 0 spiro atoms. The van der Waals surface area contributed by atoms with Gasteiger partial charge in [-0.15, -0.1) is 0 Å². The van der Waals surface area contributed by atoms with Crippen LogP contribution in [0.15, 0.2) is 29.2 Å². The highest BCUT2D eigenvalue weighted by molar-refractivity contribution is 8.00. The molecule has 0 bridgehead atoms. The highest BCUT2D eigenvalue weighted by Gasteiger charge is 2.30. The third-order valence-electron chi connectivity index (χ3n) is 2.24. The highest BCUT2D eigenvalue weighted by atomic mass is 32.2. The fourth-order valence-electron chi connectivity index (χ4n) is 1.21. The first-order valence-electron chi connectivity index (χ1n) is 4.72. The lowest BCUT2D eigenvalue weighted by Gasteiger charge is -2.22. The molecule has 0 saturated carbocycles. The molecule has 5 heteroatoms. The molecule has 0 atom stereocenters. The van der Waals surface area contributed by atoms with Gasteiger partial charge in [0.15, 0.2) is 0 Å². The molecule has 1 aromatic rings. The largest absolute Gasteiger partial charge is 0.446 e. The Morgan fingerprint density at radius 1 is 1.25 bits per heavy atom. The van der Waals surface area contributed by atoms with Crippen LogP contribution in [0.5, 0.6) is 0 Å². The van der Waals surface area contributed by atoms with Gasteiger partial charge in [0.1, 0.15) is 0 Å². The van der Waals surface area contributed by atoms with Gasteiger partial charge in [-0.05, 0) is 29.5 Å². The summed E-state index contributed by atoms with van der Waals surface area (Å²) in [6.07, 6.45) is 0. The van der Waals surface area contributed by atoms with Crippen molar-refractivity contribution in [3.63, 3.8) is 0 Å². The molecular weight excluding hydrogens is 237 g/mol. The van der Waals surface area contributed by atoms with Crippen LogP contribution in [0.3, 0.4) is 0 Å². The molecule has 0 heterocycles. The molecule has 0 aliphatic rings. The van der Waals surface area contributed by atoms with Crippen molar-refractivity contribution < 1.29 is 18.3 Å². The maximum Gasteiger partial charge on any atom is 0.446 e. The van der Waals surface area contributed by atoms with E-state index < -0.39 is 10.9 Å². The zero-order valence-electron chi connectivity index (χ0n) is 9.01. The molecule has 90 valence electrons. The summed E-state index contributed by atoms with van der Waals surface area (Å²) in [5.74, 6) is 0. The first-order chi connectivity index (χ1) is 7.24. The molecule has 1 N–H and O–H groups in total. The van der Waals surface area contributed by atoms with Gasteiger partial charge in [-0.1, -0.05) is 26.0 Å². The predicted octanol–water partition coefficient (Wildman–Crippen LogP) is 3.57. The number of rotatable bonds is 3. The minimum atomic E-state index is -4.28. The Kier molecular flexibility index (Phi) is 3.91. The topological polar surface area (TPSA) is 20.2 Å². The molecule has 0 saturated heterocycles. The van der Waals surface area contributed by atoms with Gasteiger partial charge in [-0.2, -0.15) is 13.2 Å². The standard InChI is InChI=1S/C11H13F3OS/c1-10(2,7-15)8-4-3-5-9(6-8)16-11(12,13)14/h3-6,15H,7H2,1-2H3. The summed E-state index contributed by atoms with van der Waals surface area (Å²) in [4.78, 5) is 0.145. The van der Waals surface area contributed by atoms with E-state index in [4.69, 9.17) is 5.11 Å². The monoisotopic (exact) mass is 250 g/mol. The lowest BCUT2D eigenvalue weighted by Crippen LogP contribution is -2.21. The van der Waals surface area contributed by atoms with Crippen molar-refractivity contribution in [1.29, 1.82) is 0 Å². The van der Waals surface area contributed by atoms with Crippen molar-refractivity contribution in [2.24, 2.45) is 0 Å². The first kappa shape index (κ1) is 13.4. The Labute approximate surface area is 96.7 Å². The van der Waals surface area contributed by atoms with Crippen molar-refractivity contribution in [3.05, 3.63) is 29.8 Å². The Hall–Kier alpha value is -0.680. The van der Waals surface area contributed by atoms with Gasteiger partial charge < -0.3 is 5.11 Å². The van der Waals surface area contributed by atoms with Gasteiger partial charge >= 0.3 is 5.51 Å². The van der Waals surface area contributed by atoms with E-state index in [1.165, 1.54) is 12.1 Å². The van der Waals surface area contributed by atoms with E-state index in [0.717, 1.165) is 0 Å². The van der Waals surface area contributed by atoms with Gasteiger partial charge in [-0.25, -0.2) is 0 Å². The molecule has 1 nitrogen and oxygen atoms in total. The van der Waals surface area contributed by atoms with Gasteiger partial charge in [0.25, 0.3) is 0 Å². The van der Waals surface area contributed by atoms with E-state index in [1.807, 2.05) is 0 Å². The van der Waals surface area contributed by atoms with Crippen LogP contribution < -0.4 is 0 Å². The lowest BCUT2D eigenvalue weighted by molar-refractivity contribution is -0.0328. The highest BCUT2D eigenvalue weighted by Crippen LogP contribution is 2.38. The van der Waals surface area contributed by atoms with Crippen LogP contribution in [0.4, 0.5) is 13.2 Å². The van der Waals surface area contributed by atoms with Crippen LogP contribution in [0.1, 0.15) is 19.4 Å². The molecule has 16 heavy (non-hydrogen) atoms. The SMILES string of the molecule is CC(C)(CO)c1cccc(SC(F)(F)F)c1. The molecule has 1 rings (SSSR count). The van der Waals surface area contributed by atoms with Crippen LogP contribution in [0.2, 0.25) is 0 Å². The molecule has 0 fully saturated rings. The fourth-order valence-corrected chi connectivity index (χ4v) is 1.81. The molecule has 0 radical (unpaired) electrons. The van der Waals surface area contributed by atoms with E-state index in [1.54, 1.807) is 26.0 Å². The summed E-state index contributed by atoms with van der Waals surface area (Å²) in [7, 11) is 0. The van der Waals surface area contributed by atoms with Crippen molar-refractivity contribution in [3.8, 4) is 0 Å². The zero-order chi connectivity index (χ0) is 12.4. The van der Waals surface area contributed by atoms with Crippen molar-refractivity contribution in [2.75, 3.05) is 6.61 Å². The summed E-state index contributed by atoms with van der Waals surface area (Å²) in [5.41, 5.74) is -4.10.